The van der Waals surface area contributed by atoms with Gasteiger partial charge in [0.05, 0.1) is 5.69 Å². The van der Waals surface area contributed by atoms with E-state index >= 15 is 0 Å². The average Bonchev–Trinajstić information content (AvgIpc) is 2.30. The van der Waals surface area contributed by atoms with Crippen molar-refractivity contribution < 1.29 is 4.39 Å². The zero-order chi connectivity index (χ0) is 10.7. The van der Waals surface area contributed by atoms with E-state index < -0.39 is 0 Å². The molecule has 0 atom stereocenters. The van der Waals surface area contributed by atoms with Crippen LogP contribution in [-0.2, 0) is 0 Å². The highest BCUT2D eigenvalue weighted by molar-refractivity contribution is 7.98. The van der Waals surface area contributed by atoms with Crippen molar-refractivity contribution in [2.75, 3.05) is 6.26 Å². The molecule has 0 N–H and O–H groups in total. The summed E-state index contributed by atoms with van der Waals surface area (Å²) in [6.07, 6.45) is 3.69. The maximum Gasteiger partial charge on any atom is 0.132 e. The Morgan fingerprint density at radius 1 is 1.20 bits per heavy atom. The molecular formula is C12H10FNS. The Labute approximate surface area is 92.4 Å². The third-order valence-corrected chi connectivity index (χ3v) is 2.84. The van der Waals surface area contributed by atoms with E-state index in [1.165, 1.54) is 6.07 Å². The van der Waals surface area contributed by atoms with E-state index in [1.807, 2.05) is 24.5 Å². The van der Waals surface area contributed by atoms with Crippen molar-refractivity contribution in [3.63, 3.8) is 0 Å². The molecule has 1 nitrogen and oxygen atoms in total. The molecule has 0 fully saturated rings. The number of rotatable bonds is 2. The van der Waals surface area contributed by atoms with Crippen LogP contribution in [0.3, 0.4) is 0 Å². The summed E-state index contributed by atoms with van der Waals surface area (Å²) >= 11 is 1.62. The van der Waals surface area contributed by atoms with Crippen LogP contribution < -0.4 is 0 Å². The number of pyridine rings is 1. The summed E-state index contributed by atoms with van der Waals surface area (Å²) in [4.78, 5) is 5.25. The summed E-state index contributed by atoms with van der Waals surface area (Å²) in [6.45, 7) is 0. The predicted molar refractivity (Wildman–Crippen MR) is 61.4 cm³/mol. The molecule has 0 saturated carbocycles. The molecule has 0 aliphatic carbocycles. The second-order valence-electron chi connectivity index (χ2n) is 3.06. The van der Waals surface area contributed by atoms with Gasteiger partial charge in [0.2, 0.25) is 0 Å². The van der Waals surface area contributed by atoms with E-state index in [0.29, 0.717) is 11.3 Å². The third kappa shape index (κ3) is 2.18. The van der Waals surface area contributed by atoms with Crippen LogP contribution in [-0.4, -0.2) is 11.2 Å². The van der Waals surface area contributed by atoms with Crippen LogP contribution in [0.15, 0.2) is 47.5 Å². The molecule has 1 aromatic heterocycles. The zero-order valence-electron chi connectivity index (χ0n) is 8.27. The molecule has 0 saturated heterocycles. The Hall–Kier alpha value is -1.35. The van der Waals surface area contributed by atoms with Gasteiger partial charge in [0, 0.05) is 16.7 Å². The highest BCUT2D eigenvalue weighted by Crippen LogP contribution is 2.24. The fourth-order valence-electron chi connectivity index (χ4n) is 1.35. The van der Waals surface area contributed by atoms with Crippen molar-refractivity contribution in [2.24, 2.45) is 0 Å². The molecule has 0 aliphatic rings. The van der Waals surface area contributed by atoms with Crippen molar-refractivity contribution in [1.82, 2.24) is 4.98 Å². The molecule has 0 unspecified atom stereocenters. The first kappa shape index (κ1) is 10.2. The number of nitrogens with zero attached hydrogens (tertiary/aromatic N) is 1. The third-order valence-electron chi connectivity index (χ3n) is 2.12. The van der Waals surface area contributed by atoms with Crippen molar-refractivity contribution >= 4 is 11.8 Å². The standard InChI is InChI=1S/C12H10FNS/c1-15-9-6-7-14-12(8-9)10-4-2-3-5-11(10)13/h2-8H,1H3. The fraction of sp³-hybridized carbons (Fsp3) is 0.0833. The van der Waals surface area contributed by atoms with E-state index in [9.17, 15) is 4.39 Å². The lowest BCUT2D eigenvalue weighted by Gasteiger charge is -2.03. The van der Waals surface area contributed by atoms with Crippen molar-refractivity contribution in [2.45, 2.75) is 4.90 Å². The Bertz CT molecular complexity index is 471. The summed E-state index contributed by atoms with van der Waals surface area (Å²) < 4.78 is 13.5. The molecule has 1 heterocycles. The first-order valence-electron chi connectivity index (χ1n) is 4.56. The van der Waals surface area contributed by atoms with Gasteiger partial charge < -0.3 is 0 Å². The van der Waals surface area contributed by atoms with E-state index in [1.54, 1.807) is 30.1 Å². The number of hydrogen-bond acceptors (Lipinski definition) is 2. The molecule has 0 bridgehead atoms. The van der Waals surface area contributed by atoms with E-state index in [4.69, 9.17) is 0 Å². The van der Waals surface area contributed by atoms with Crippen LogP contribution in [0.2, 0.25) is 0 Å². The minimum absolute atomic E-state index is 0.233. The molecule has 2 rings (SSSR count). The van der Waals surface area contributed by atoms with Crippen LogP contribution in [0.4, 0.5) is 4.39 Å². The van der Waals surface area contributed by atoms with Gasteiger partial charge in [0.25, 0.3) is 0 Å². The van der Waals surface area contributed by atoms with Gasteiger partial charge in [-0.15, -0.1) is 11.8 Å². The normalized spacial score (nSPS) is 10.3. The van der Waals surface area contributed by atoms with E-state index in [2.05, 4.69) is 4.98 Å². The zero-order valence-corrected chi connectivity index (χ0v) is 9.09. The molecule has 2 aromatic rings. The molecule has 15 heavy (non-hydrogen) atoms. The predicted octanol–water partition coefficient (Wildman–Crippen LogP) is 3.61. The molecule has 76 valence electrons. The van der Waals surface area contributed by atoms with Gasteiger partial charge in [-0.05, 0) is 30.5 Å². The second kappa shape index (κ2) is 4.45. The lowest BCUT2D eigenvalue weighted by atomic mass is 10.1. The number of halogens is 1. The molecule has 0 spiro atoms. The van der Waals surface area contributed by atoms with Gasteiger partial charge >= 0.3 is 0 Å². The van der Waals surface area contributed by atoms with Gasteiger partial charge in [0.1, 0.15) is 5.82 Å². The maximum atomic E-state index is 13.5. The molecule has 0 radical (unpaired) electrons. The summed E-state index contributed by atoms with van der Waals surface area (Å²) in [6, 6.07) is 10.5. The SMILES string of the molecule is CSc1ccnc(-c2ccccc2F)c1. The quantitative estimate of drug-likeness (QED) is 0.716. The molecule has 1 aromatic carbocycles. The monoisotopic (exact) mass is 219 g/mol. The van der Waals surface area contributed by atoms with E-state index in [-0.39, 0.29) is 5.82 Å². The molecule has 3 heteroatoms. The van der Waals surface area contributed by atoms with Gasteiger partial charge in [0.15, 0.2) is 0 Å². The van der Waals surface area contributed by atoms with Gasteiger partial charge in [-0.1, -0.05) is 12.1 Å². The fourth-order valence-corrected chi connectivity index (χ4v) is 1.78. The Morgan fingerprint density at radius 3 is 2.73 bits per heavy atom. The van der Waals surface area contributed by atoms with E-state index in [0.717, 1.165) is 4.90 Å². The van der Waals surface area contributed by atoms with Gasteiger partial charge in [-0.3, -0.25) is 4.98 Å². The first-order chi connectivity index (χ1) is 7.31. The lowest BCUT2D eigenvalue weighted by Crippen LogP contribution is -1.87. The molecule has 0 aliphatic heterocycles. The largest absolute Gasteiger partial charge is 0.256 e. The summed E-state index contributed by atoms with van der Waals surface area (Å²) in [7, 11) is 0. The van der Waals surface area contributed by atoms with Crippen LogP contribution >= 0.6 is 11.8 Å². The van der Waals surface area contributed by atoms with Crippen LogP contribution in [0.1, 0.15) is 0 Å². The summed E-state index contributed by atoms with van der Waals surface area (Å²) in [5.74, 6) is -0.233. The van der Waals surface area contributed by atoms with Crippen LogP contribution in [0, 0.1) is 5.82 Å². The van der Waals surface area contributed by atoms with Gasteiger partial charge in [-0.2, -0.15) is 0 Å². The highest BCUT2D eigenvalue weighted by Gasteiger charge is 2.05. The number of aromatic nitrogens is 1. The number of thioether (sulfide) groups is 1. The number of hydrogen-bond donors (Lipinski definition) is 0. The smallest absolute Gasteiger partial charge is 0.132 e. The summed E-state index contributed by atoms with van der Waals surface area (Å²) in [5.41, 5.74) is 1.23. The van der Waals surface area contributed by atoms with Crippen molar-refractivity contribution in [1.29, 1.82) is 0 Å². The van der Waals surface area contributed by atoms with Gasteiger partial charge in [-0.25, -0.2) is 4.39 Å². The van der Waals surface area contributed by atoms with Crippen molar-refractivity contribution in [3.8, 4) is 11.3 Å². The Morgan fingerprint density at radius 2 is 2.00 bits per heavy atom. The minimum Gasteiger partial charge on any atom is -0.256 e. The summed E-state index contributed by atoms with van der Waals surface area (Å²) in [5, 5.41) is 0. The second-order valence-corrected chi connectivity index (χ2v) is 3.94. The highest BCUT2D eigenvalue weighted by atomic mass is 32.2. The molecule has 0 amide bonds. The first-order valence-corrected chi connectivity index (χ1v) is 5.78. The van der Waals surface area contributed by atoms with Crippen LogP contribution in [0.5, 0.6) is 0 Å². The Balaban J connectivity index is 2.49. The van der Waals surface area contributed by atoms with Crippen molar-refractivity contribution in [3.05, 3.63) is 48.4 Å². The Kier molecular flexibility index (Phi) is 3.02. The molecular weight excluding hydrogens is 209 g/mol. The average molecular weight is 219 g/mol. The maximum absolute atomic E-state index is 13.5. The topological polar surface area (TPSA) is 12.9 Å². The van der Waals surface area contributed by atoms with Crippen LogP contribution in [0.25, 0.3) is 11.3 Å². The lowest BCUT2D eigenvalue weighted by molar-refractivity contribution is 0.630. The minimum atomic E-state index is -0.233. The number of benzene rings is 1.